The molecule has 1 aliphatic heterocycles. The molecule has 0 saturated carbocycles. The fourth-order valence-electron chi connectivity index (χ4n) is 2.79. The Morgan fingerprint density at radius 2 is 2.00 bits per heavy atom. The Morgan fingerprint density at radius 3 is 2.65 bits per heavy atom. The number of fused-ring (bicyclic) bond motifs is 1. The summed E-state index contributed by atoms with van der Waals surface area (Å²) in [5, 5.41) is 10.8. The highest BCUT2D eigenvalue weighted by atomic mass is 35.5. The molecule has 0 aliphatic carbocycles. The lowest BCUT2D eigenvalue weighted by molar-refractivity contribution is 0.0447. The Labute approximate surface area is 147 Å². The second kappa shape index (κ2) is 6.20. The molecule has 3 rings (SSSR count). The standard InChI is InChI=1S/C14H15Cl2FN4OS/c1-14(22)4-3-5-21(6-14)12-7-9(18-13(20-12)23-2)8(17)11(16)19-10(7)15/h22H,3-6H2,1-2H3. The van der Waals surface area contributed by atoms with Gasteiger partial charge in [0.2, 0.25) is 0 Å². The molecule has 0 radical (unpaired) electrons. The SMILES string of the molecule is CSc1nc(N2CCCC(C)(O)C2)c2c(Cl)nc(Cl)c(F)c2n1. The average Bonchev–Trinajstić information content (AvgIpc) is 2.50. The molecule has 1 saturated heterocycles. The highest BCUT2D eigenvalue weighted by molar-refractivity contribution is 7.98. The van der Waals surface area contributed by atoms with E-state index in [4.69, 9.17) is 23.2 Å². The summed E-state index contributed by atoms with van der Waals surface area (Å²) in [5.74, 6) is -0.235. The number of anilines is 1. The van der Waals surface area contributed by atoms with Crippen LogP contribution in [0.1, 0.15) is 19.8 Å². The fourth-order valence-corrected chi connectivity index (χ4v) is 3.62. The molecule has 23 heavy (non-hydrogen) atoms. The molecule has 2 aromatic rings. The summed E-state index contributed by atoms with van der Waals surface area (Å²) in [6, 6.07) is 0. The lowest BCUT2D eigenvalue weighted by Crippen LogP contribution is -2.46. The normalized spacial score (nSPS) is 21.9. The van der Waals surface area contributed by atoms with Crippen LogP contribution in [0.2, 0.25) is 10.3 Å². The molecule has 0 spiro atoms. The maximum atomic E-state index is 14.4. The molecule has 1 N–H and O–H groups in total. The van der Waals surface area contributed by atoms with Crippen LogP contribution in [-0.2, 0) is 0 Å². The molecule has 9 heteroatoms. The number of aliphatic hydroxyl groups is 1. The third-order valence-corrected chi connectivity index (χ3v) is 4.89. The molecular weight excluding hydrogens is 362 g/mol. The zero-order chi connectivity index (χ0) is 16.8. The number of piperidine rings is 1. The van der Waals surface area contributed by atoms with Crippen molar-refractivity contribution in [1.82, 2.24) is 15.0 Å². The zero-order valence-corrected chi connectivity index (χ0v) is 14.9. The van der Waals surface area contributed by atoms with E-state index in [-0.39, 0.29) is 15.8 Å². The Kier molecular flexibility index (Phi) is 4.57. The predicted molar refractivity (Wildman–Crippen MR) is 91.2 cm³/mol. The number of pyridine rings is 1. The summed E-state index contributed by atoms with van der Waals surface area (Å²) in [4.78, 5) is 14.4. The number of rotatable bonds is 2. The van der Waals surface area contributed by atoms with E-state index in [1.807, 2.05) is 4.90 Å². The van der Waals surface area contributed by atoms with Gasteiger partial charge in [-0.3, -0.25) is 0 Å². The van der Waals surface area contributed by atoms with E-state index in [0.717, 1.165) is 6.42 Å². The van der Waals surface area contributed by atoms with Crippen LogP contribution in [0, 0.1) is 5.82 Å². The van der Waals surface area contributed by atoms with Gasteiger partial charge in [-0.1, -0.05) is 35.0 Å². The predicted octanol–water partition coefficient (Wildman–Crippen LogP) is 3.54. The third-order valence-electron chi connectivity index (χ3n) is 3.82. The number of nitrogens with zero attached hydrogens (tertiary/aromatic N) is 4. The van der Waals surface area contributed by atoms with Crippen LogP contribution >= 0.6 is 35.0 Å². The summed E-state index contributed by atoms with van der Waals surface area (Å²) in [6.45, 7) is 2.85. The number of hydrogen-bond acceptors (Lipinski definition) is 6. The fraction of sp³-hybridized carbons (Fsp3) is 0.500. The molecule has 0 bridgehead atoms. The highest BCUT2D eigenvalue weighted by Crippen LogP contribution is 2.36. The summed E-state index contributed by atoms with van der Waals surface area (Å²) < 4.78 is 14.4. The number of hydrogen-bond donors (Lipinski definition) is 1. The van der Waals surface area contributed by atoms with Crippen molar-refractivity contribution in [1.29, 1.82) is 0 Å². The molecule has 1 atom stereocenters. The quantitative estimate of drug-likeness (QED) is 0.491. The summed E-state index contributed by atoms with van der Waals surface area (Å²) >= 11 is 13.3. The van der Waals surface area contributed by atoms with E-state index in [2.05, 4.69) is 15.0 Å². The van der Waals surface area contributed by atoms with Gasteiger partial charge in [0.1, 0.15) is 16.5 Å². The Hall–Kier alpha value is -0.890. The van der Waals surface area contributed by atoms with Crippen LogP contribution in [-0.4, -0.2) is 45.0 Å². The van der Waals surface area contributed by atoms with Crippen molar-refractivity contribution in [2.24, 2.45) is 0 Å². The molecular formula is C14H15Cl2FN4OS. The maximum Gasteiger partial charge on any atom is 0.189 e. The molecule has 1 fully saturated rings. The van der Waals surface area contributed by atoms with E-state index in [1.54, 1.807) is 13.2 Å². The monoisotopic (exact) mass is 376 g/mol. The minimum atomic E-state index is -0.833. The highest BCUT2D eigenvalue weighted by Gasteiger charge is 2.31. The van der Waals surface area contributed by atoms with Crippen molar-refractivity contribution in [2.45, 2.75) is 30.5 Å². The van der Waals surface area contributed by atoms with Gasteiger partial charge in [-0.2, -0.15) is 0 Å². The molecule has 2 aromatic heterocycles. The van der Waals surface area contributed by atoms with Crippen molar-refractivity contribution >= 4 is 51.7 Å². The molecule has 5 nitrogen and oxygen atoms in total. The van der Waals surface area contributed by atoms with E-state index < -0.39 is 11.4 Å². The topological polar surface area (TPSA) is 62.1 Å². The van der Waals surface area contributed by atoms with Crippen LogP contribution in [0.25, 0.3) is 10.9 Å². The van der Waals surface area contributed by atoms with Gasteiger partial charge in [0, 0.05) is 13.1 Å². The number of aromatic nitrogens is 3. The second-order valence-corrected chi connectivity index (χ2v) is 7.28. The molecule has 0 aromatic carbocycles. The van der Waals surface area contributed by atoms with Gasteiger partial charge in [0.05, 0.1) is 11.0 Å². The molecule has 124 valence electrons. The maximum absolute atomic E-state index is 14.4. The first kappa shape index (κ1) is 17.0. The Bertz CT molecular complexity index is 774. The molecule has 1 aliphatic rings. The van der Waals surface area contributed by atoms with Gasteiger partial charge in [-0.15, -0.1) is 0 Å². The molecule has 1 unspecified atom stereocenters. The molecule has 0 amide bonds. The zero-order valence-electron chi connectivity index (χ0n) is 12.6. The smallest absolute Gasteiger partial charge is 0.189 e. The van der Waals surface area contributed by atoms with Crippen molar-refractivity contribution in [3.05, 3.63) is 16.1 Å². The first-order chi connectivity index (χ1) is 10.8. The second-order valence-electron chi connectivity index (χ2n) is 5.79. The van der Waals surface area contributed by atoms with E-state index >= 15 is 0 Å². The van der Waals surface area contributed by atoms with E-state index in [1.165, 1.54) is 11.8 Å². The van der Waals surface area contributed by atoms with Crippen molar-refractivity contribution in [2.75, 3.05) is 24.2 Å². The van der Waals surface area contributed by atoms with Crippen LogP contribution in [0.4, 0.5) is 10.2 Å². The van der Waals surface area contributed by atoms with E-state index in [0.29, 0.717) is 35.9 Å². The van der Waals surface area contributed by atoms with Gasteiger partial charge in [0.15, 0.2) is 16.1 Å². The van der Waals surface area contributed by atoms with Crippen LogP contribution < -0.4 is 4.90 Å². The van der Waals surface area contributed by atoms with Crippen LogP contribution in [0.5, 0.6) is 0 Å². The first-order valence-electron chi connectivity index (χ1n) is 7.06. The lowest BCUT2D eigenvalue weighted by Gasteiger charge is -2.38. The molecule has 3 heterocycles. The van der Waals surface area contributed by atoms with E-state index in [9.17, 15) is 9.50 Å². The minimum absolute atomic E-state index is 0.0505. The number of β-amino-alcohol motifs (C(OH)–C–C–N with tert-alkyl or cyclic N) is 1. The van der Waals surface area contributed by atoms with Gasteiger partial charge < -0.3 is 10.0 Å². The number of thioether (sulfide) groups is 1. The Morgan fingerprint density at radius 1 is 1.26 bits per heavy atom. The number of halogens is 3. The first-order valence-corrected chi connectivity index (χ1v) is 9.04. The van der Waals surface area contributed by atoms with Gasteiger partial charge >= 0.3 is 0 Å². The van der Waals surface area contributed by atoms with Gasteiger partial charge in [-0.25, -0.2) is 19.3 Å². The Balaban J connectivity index is 2.25. The van der Waals surface area contributed by atoms with Crippen molar-refractivity contribution in [3.63, 3.8) is 0 Å². The van der Waals surface area contributed by atoms with Gasteiger partial charge in [-0.05, 0) is 26.0 Å². The summed E-state index contributed by atoms with van der Waals surface area (Å²) in [6.07, 6.45) is 3.31. The summed E-state index contributed by atoms with van der Waals surface area (Å²) in [5.41, 5.74) is -0.783. The van der Waals surface area contributed by atoms with Crippen LogP contribution in [0.3, 0.4) is 0 Å². The third kappa shape index (κ3) is 3.20. The van der Waals surface area contributed by atoms with Gasteiger partial charge in [0.25, 0.3) is 0 Å². The lowest BCUT2D eigenvalue weighted by atomic mass is 9.95. The average molecular weight is 377 g/mol. The summed E-state index contributed by atoms with van der Waals surface area (Å²) in [7, 11) is 0. The van der Waals surface area contributed by atoms with Crippen LogP contribution in [0.15, 0.2) is 5.16 Å². The largest absolute Gasteiger partial charge is 0.388 e. The minimum Gasteiger partial charge on any atom is -0.388 e. The van der Waals surface area contributed by atoms with Crippen molar-refractivity contribution in [3.8, 4) is 0 Å². The van der Waals surface area contributed by atoms with Crippen molar-refractivity contribution < 1.29 is 9.50 Å².